The van der Waals surface area contributed by atoms with Gasteiger partial charge in [0.25, 0.3) is 0 Å². The first-order valence-electron chi connectivity index (χ1n) is 13.8. The minimum Gasteiger partial charge on any atom is -0.468 e. The standard InChI is InChI=1S/C32H35FO6/c33-32-15-26(9-14-31(32)25-7-12-28(13-8-25)39-21-35-17-30-19-37-30)24-3-1-22(2-4-24)23-5-10-27(11-6-23)38-20-34-16-29-18-36-29/h1-4,7-9,12-15,23,27,29-30H,5-6,10-11,16-21H2. The maximum absolute atomic E-state index is 15.1. The topological polar surface area (TPSA) is 62.0 Å². The highest BCUT2D eigenvalue weighted by Gasteiger charge is 2.25. The fourth-order valence-corrected chi connectivity index (χ4v) is 5.11. The van der Waals surface area contributed by atoms with Crippen LogP contribution in [0.4, 0.5) is 4.39 Å². The maximum Gasteiger partial charge on any atom is 0.189 e. The van der Waals surface area contributed by atoms with E-state index in [9.17, 15) is 0 Å². The largest absolute Gasteiger partial charge is 0.468 e. The van der Waals surface area contributed by atoms with E-state index < -0.39 is 0 Å². The zero-order valence-electron chi connectivity index (χ0n) is 22.1. The molecule has 0 aromatic heterocycles. The molecule has 2 aliphatic heterocycles. The number of hydrogen-bond donors (Lipinski definition) is 0. The van der Waals surface area contributed by atoms with E-state index in [1.807, 2.05) is 36.4 Å². The van der Waals surface area contributed by atoms with Gasteiger partial charge in [-0.15, -0.1) is 0 Å². The summed E-state index contributed by atoms with van der Waals surface area (Å²) in [5.74, 6) is 0.969. The molecule has 39 heavy (non-hydrogen) atoms. The van der Waals surface area contributed by atoms with Crippen LogP contribution in [0.15, 0.2) is 66.7 Å². The summed E-state index contributed by atoms with van der Waals surface area (Å²) >= 11 is 0. The van der Waals surface area contributed by atoms with Crippen molar-refractivity contribution in [3.8, 4) is 28.0 Å². The number of ether oxygens (including phenoxy) is 6. The lowest BCUT2D eigenvalue weighted by molar-refractivity contribution is -0.102. The Morgan fingerprint density at radius 1 is 0.692 bits per heavy atom. The van der Waals surface area contributed by atoms with Crippen LogP contribution < -0.4 is 4.74 Å². The summed E-state index contributed by atoms with van der Waals surface area (Å²) in [6, 6.07) is 21.4. The first kappa shape index (κ1) is 26.4. The van der Waals surface area contributed by atoms with Crippen LogP contribution in [0.1, 0.15) is 37.2 Å². The van der Waals surface area contributed by atoms with E-state index in [1.54, 1.807) is 6.07 Å². The third kappa shape index (κ3) is 7.44. The van der Waals surface area contributed by atoms with Crippen LogP contribution in [0, 0.1) is 5.82 Å². The first-order chi connectivity index (χ1) is 19.2. The summed E-state index contributed by atoms with van der Waals surface area (Å²) in [6.07, 6.45) is 5.05. The van der Waals surface area contributed by atoms with Gasteiger partial charge in [0.1, 0.15) is 30.6 Å². The predicted octanol–water partition coefficient (Wildman–Crippen LogP) is 6.33. The molecule has 0 bridgehead atoms. The Morgan fingerprint density at radius 2 is 1.31 bits per heavy atom. The Hall–Kier alpha value is -2.81. The zero-order chi connectivity index (χ0) is 26.4. The molecule has 3 fully saturated rings. The molecule has 1 saturated carbocycles. The smallest absolute Gasteiger partial charge is 0.189 e. The van der Waals surface area contributed by atoms with Gasteiger partial charge in [0.05, 0.1) is 32.5 Å². The third-order valence-corrected chi connectivity index (χ3v) is 7.63. The van der Waals surface area contributed by atoms with Crippen LogP contribution >= 0.6 is 0 Å². The van der Waals surface area contributed by atoms with E-state index in [2.05, 4.69) is 24.3 Å². The number of halogens is 1. The molecule has 3 aromatic rings. The fraction of sp³-hybridized carbons (Fsp3) is 0.438. The molecule has 206 valence electrons. The summed E-state index contributed by atoms with van der Waals surface area (Å²) in [5, 5.41) is 0. The maximum atomic E-state index is 15.1. The van der Waals surface area contributed by atoms with Crippen LogP contribution in [0.2, 0.25) is 0 Å². The van der Waals surface area contributed by atoms with Crippen molar-refractivity contribution in [3.63, 3.8) is 0 Å². The molecule has 3 aliphatic rings. The molecule has 1 aliphatic carbocycles. The summed E-state index contributed by atoms with van der Waals surface area (Å²) in [7, 11) is 0. The second-order valence-corrected chi connectivity index (χ2v) is 10.5. The van der Waals surface area contributed by atoms with Crippen LogP contribution in [-0.4, -0.2) is 58.3 Å². The summed E-state index contributed by atoms with van der Waals surface area (Å²) in [6.45, 7) is 3.26. The molecule has 0 spiro atoms. The van der Waals surface area contributed by atoms with E-state index >= 15 is 4.39 Å². The Labute approximate surface area is 228 Å². The van der Waals surface area contributed by atoms with Gasteiger partial charge in [0, 0.05) is 5.56 Å². The van der Waals surface area contributed by atoms with Crippen LogP contribution in [0.25, 0.3) is 22.3 Å². The first-order valence-corrected chi connectivity index (χ1v) is 13.8. The number of hydrogen-bond acceptors (Lipinski definition) is 6. The van der Waals surface area contributed by atoms with E-state index in [-0.39, 0.29) is 30.9 Å². The number of rotatable bonds is 13. The molecule has 6 nitrogen and oxygen atoms in total. The van der Waals surface area contributed by atoms with E-state index in [0.717, 1.165) is 55.6 Å². The lowest BCUT2D eigenvalue weighted by atomic mass is 9.82. The van der Waals surface area contributed by atoms with Crippen LogP contribution in [0.3, 0.4) is 0 Å². The molecule has 7 heteroatoms. The minimum absolute atomic E-state index is 0.170. The molecule has 2 unspecified atom stereocenters. The van der Waals surface area contributed by atoms with E-state index in [4.69, 9.17) is 28.4 Å². The average Bonchev–Trinajstić information content (AvgIpc) is 3.91. The van der Waals surface area contributed by atoms with Crippen molar-refractivity contribution in [1.29, 1.82) is 0 Å². The van der Waals surface area contributed by atoms with Crippen LogP contribution in [-0.2, 0) is 23.7 Å². The second-order valence-electron chi connectivity index (χ2n) is 10.5. The Bertz CT molecular complexity index is 1200. The molecular weight excluding hydrogens is 499 g/mol. The lowest BCUT2D eigenvalue weighted by Crippen LogP contribution is -2.22. The van der Waals surface area contributed by atoms with Crippen molar-refractivity contribution in [2.24, 2.45) is 0 Å². The molecule has 3 aromatic carbocycles. The molecule has 2 saturated heterocycles. The average molecular weight is 535 g/mol. The highest BCUT2D eigenvalue weighted by Crippen LogP contribution is 2.35. The zero-order valence-corrected chi connectivity index (χ0v) is 22.1. The van der Waals surface area contributed by atoms with Crippen molar-refractivity contribution in [2.45, 2.75) is 49.9 Å². The monoisotopic (exact) mass is 534 g/mol. The fourth-order valence-electron chi connectivity index (χ4n) is 5.11. The normalized spacial score (nSPS) is 23.9. The Morgan fingerprint density at radius 3 is 1.95 bits per heavy atom. The molecule has 0 amide bonds. The highest BCUT2D eigenvalue weighted by atomic mass is 19.1. The van der Waals surface area contributed by atoms with Crippen molar-refractivity contribution in [2.75, 3.05) is 40.0 Å². The Kier molecular flexibility index (Phi) is 8.52. The van der Waals surface area contributed by atoms with E-state index in [1.165, 1.54) is 5.56 Å². The van der Waals surface area contributed by atoms with Gasteiger partial charge in [0.2, 0.25) is 0 Å². The summed E-state index contributed by atoms with van der Waals surface area (Å²) < 4.78 is 47.7. The molecule has 0 N–H and O–H groups in total. The van der Waals surface area contributed by atoms with Gasteiger partial charge in [-0.1, -0.05) is 48.5 Å². The van der Waals surface area contributed by atoms with Crippen LogP contribution in [0.5, 0.6) is 5.75 Å². The van der Waals surface area contributed by atoms with Crippen molar-refractivity contribution in [1.82, 2.24) is 0 Å². The van der Waals surface area contributed by atoms with Gasteiger partial charge < -0.3 is 28.4 Å². The molecular formula is C32H35FO6. The SMILES string of the molecule is Fc1cc(-c2ccc(C3CCC(OCOCC4CO4)CC3)cc2)ccc1-c1ccc(OCOCC2CO2)cc1. The quantitative estimate of drug-likeness (QED) is 0.145. The van der Waals surface area contributed by atoms with Gasteiger partial charge in [-0.05, 0) is 72.1 Å². The third-order valence-electron chi connectivity index (χ3n) is 7.63. The molecule has 2 heterocycles. The second kappa shape index (κ2) is 12.6. The number of epoxide rings is 2. The lowest BCUT2D eigenvalue weighted by Gasteiger charge is -2.28. The van der Waals surface area contributed by atoms with Crippen molar-refractivity contribution < 1.29 is 32.8 Å². The van der Waals surface area contributed by atoms with Gasteiger partial charge in [-0.2, -0.15) is 0 Å². The summed E-state index contributed by atoms with van der Waals surface area (Å²) in [4.78, 5) is 0. The summed E-state index contributed by atoms with van der Waals surface area (Å²) in [5.41, 5.74) is 4.59. The molecule has 2 atom stereocenters. The van der Waals surface area contributed by atoms with E-state index in [0.29, 0.717) is 37.2 Å². The van der Waals surface area contributed by atoms with Gasteiger partial charge in [-0.25, -0.2) is 4.39 Å². The predicted molar refractivity (Wildman–Crippen MR) is 145 cm³/mol. The molecule has 6 rings (SSSR count). The highest BCUT2D eigenvalue weighted by molar-refractivity contribution is 5.71. The van der Waals surface area contributed by atoms with Gasteiger partial charge in [-0.3, -0.25) is 0 Å². The van der Waals surface area contributed by atoms with Gasteiger partial charge >= 0.3 is 0 Å². The minimum atomic E-state index is -0.245. The molecule has 0 radical (unpaired) electrons. The number of benzene rings is 3. The van der Waals surface area contributed by atoms with Gasteiger partial charge in [0.15, 0.2) is 6.79 Å². The van der Waals surface area contributed by atoms with Crippen molar-refractivity contribution in [3.05, 3.63) is 78.1 Å². The van der Waals surface area contributed by atoms with Crippen molar-refractivity contribution >= 4 is 0 Å². The Balaban J connectivity index is 0.995.